The Bertz CT molecular complexity index is 658. The fourth-order valence-corrected chi connectivity index (χ4v) is 3.86. The second-order valence-electron chi connectivity index (χ2n) is 7.48. The average molecular weight is 378 g/mol. The number of rotatable bonds is 7. The van der Waals surface area contributed by atoms with Crippen LogP contribution in [0.15, 0.2) is 23.3 Å². The minimum atomic E-state index is -0.554. The van der Waals surface area contributed by atoms with Crippen LogP contribution < -0.4 is 0 Å². The molecule has 0 bridgehead atoms. The molecular formula is C21H30O6. The first-order valence-electron chi connectivity index (χ1n) is 9.20. The van der Waals surface area contributed by atoms with E-state index in [2.05, 4.69) is 11.7 Å². The number of carbonyl (C=O) groups is 4. The predicted octanol–water partition coefficient (Wildman–Crippen LogP) is 3.19. The van der Waals surface area contributed by atoms with Gasteiger partial charge in [-0.1, -0.05) is 12.5 Å². The zero-order chi connectivity index (χ0) is 20.7. The Labute approximate surface area is 161 Å². The molecule has 0 spiro atoms. The zero-order valence-corrected chi connectivity index (χ0v) is 17.0. The molecule has 150 valence electrons. The minimum Gasteiger partial charge on any atom is -0.466 e. The van der Waals surface area contributed by atoms with Gasteiger partial charge >= 0.3 is 11.9 Å². The molecule has 1 aliphatic rings. The summed E-state index contributed by atoms with van der Waals surface area (Å²) in [5.74, 6) is -1.21. The van der Waals surface area contributed by atoms with E-state index in [1.165, 1.54) is 34.0 Å². The second-order valence-corrected chi connectivity index (χ2v) is 7.48. The third kappa shape index (κ3) is 7.12. The Kier molecular flexibility index (Phi) is 8.60. The van der Waals surface area contributed by atoms with E-state index in [1.54, 1.807) is 6.08 Å². The maximum Gasteiger partial charge on any atom is 0.333 e. The molecule has 0 aromatic carbocycles. The van der Waals surface area contributed by atoms with Crippen molar-refractivity contribution in [2.75, 3.05) is 7.11 Å². The zero-order valence-electron chi connectivity index (χ0n) is 17.0. The standard InChI is InChI=1S/C21H30O6/c1-12-7-18(13(2)9-15(4)22)19(20(8-12)27-16(5)23)11-17(24)10-14(3)21(25)26-6/h9-10,12,18-20H,7-8,11H2,1-6H3/b13-9+,14-10+/t12-,18+,19+,20-/m1/s1. The van der Waals surface area contributed by atoms with Crippen molar-refractivity contribution in [1.29, 1.82) is 0 Å². The lowest BCUT2D eigenvalue weighted by Crippen LogP contribution is -2.40. The summed E-state index contributed by atoms with van der Waals surface area (Å²) in [6.45, 7) is 8.31. The van der Waals surface area contributed by atoms with Crippen LogP contribution in [-0.4, -0.2) is 36.7 Å². The van der Waals surface area contributed by atoms with Gasteiger partial charge in [0.1, 0.15) is 6.10 Å². The third-order valence-electron chi connectivity index (χ3n) is 4.94. The number of ether oxygens (including phenoxy) is 2. The molecule has 0 aliphatic heterocycles. The molecule has 0 saturated heterocycles. The summed E-state index contributed by atoms with van der Waals surface area (Å²) in [5, 5.41) is 0. The van der Waals surface area contributed by atoms with Gasteiger partial charge in [0, 0.05) is 24.8 Å². The maximum absolute atomic E-state index is 12.5. The molecule has 6 nitrogen and oxygen atoms in total. The van der Waals surface area contributed by atoms with Crippen LogP contribution in [-0.2, 0) is 28.7 Å². The van der Waals surface area contributed by atoms with Gasteiger partial charge < -0.3 is 9.47 Å². The molecule has 1 fully saturated rings. The van der Waals surface area contributed by atoms with Gasteiger partial charge in [-0.3, -0.25) is 14.4 Å². The van der Waals surface area contributed by atoms with E-state index in [-0.39, 0.29) is 41.4 Å². The van der Waals surface area contributed by atoms with Crippen LogP contribution in [0, 0.1) is 17.8 Å². The lowest BCUT2D eigenvalue weighted by molar-refractivity contribution is -0.154. The van der Waals surface area contributed by atoms with Gasteiger partial charge in [-0.15, -0.1) is 0 Å². The highest BCUT2D eigenvalue weighted by molar-refractivity contribution is 5.99. The SMILES string of the molecule is COC(=O)/C(C)=C/C(=O)C[C@@H]1[C@H](OC(C)=O)C[C@H](C)C[C@H]1/C(C)=C/C(C)=O. The summed E-state index contributed by atoms with van der Waals surface area (Å²) in [5.41, 5.74) is 1.11. The predicted molar refractivity (Wildman–Crippen MR) is 101 cm³/mol. The number of hydrogen-bond donors (Lipinski definition) is 0. The first kappa shape index (κ1) is 22.8. The highest BCUT2D eigenvalue weighted by Gasteiger charge is 2.39. The Morgan fingerprint density at radius 2 is 1.63 bits per heavy atom. The molecule has 1 aliphatic carbocycles. The molecule has 0 aromatic heterocycles. The van der Waals surface area contributed by atoms with Gasteiger partial charge in [0.2, 0.25) is 0 Å². The minimum absolute atomic E-state index is 0.0437. The molecule has 0 N–H and O–H groups in total. The summed E-state index contributed by atoms with van der Waals surface area (Å²) >= 11 is 0. The maximum atomic E-state index is 12.5. The van der Waals surface area contributed by atoms with E-state index >= 15 is 0 Å². The summed E-state index contributed by atoms with van der Waals surface area (Å²) in [6.07, 6.45) is 4.07. The molecule has 0 heterocycles. The Morgan fingerprint density at radius 3 is 2.15 bits per heavy atom. The molecule has 27 heavy (non-hydrogen) atoms. The number of methoxy groups -OCH3 is 1. The molecular weight excluding hydrogens is 348 g/mol. The number of allylic oxidation sites excluding steroid dienone is 3. The molecule has 4 atom stereocenters. The fourth-order valence-electron chi connectivity index (χ4n) is 3.86. The molecule has 0 amide bonds. The monoisotopic (exact) mass is 378 g/mol. The van der Waals surface area contributed by atoms with E-state index in [0.29, 0.717) is 12.3 Å². The van der Waals surface area contributed by atoms with Crippen molar-refractivity contribution in [3.63, 3.8) is 0 Å². The van der Waals surface area contributed by atoms with Crippen LogP contribution in [0.2, 0.25) is 0 Å². The van der Waals surface area contributed by atoms with Crippen molar-refractivity contribution in [1.82, 2.24) is 0 Å². The lowest BCUT2D eigenvalue weighted by atomic mass is 9.68. The van der Waals surface area contributed by atoms with Crippen molar-refractivity contribution in [3.8, 4) is 0 Å². The van der Waals surface area contributed by atoms with Crippen LogP contribution >= 0.6 is 0 Å². The van der Waals surface area contributed by atoms with Gasteiger partial charge in [0.25, 0.3) is 0 Å². The molecule has 0 aromatic rings. The summed E-state index contributed by atoms with van der Waals surface area (Å²) < 4.78 is 10.1. The van der Waals surface area contributed by atoms with Crippen molar-refractivity contribution in [2.45, 2.75) is 60.0 Å². The molecule has 0 radical (unpaired) electrons. The van der Waals surface area contributed by atoms with Crippen molar-refractivity contribution in [2.24, 2.45) is 17.8 Å². The Balaban J connectivity index is 3.16. The Hall–Kier alpha value is -2.24. The van der Waals surface area contributed by atoms with Crippen molar-refractivity contribution in [3.05, 3.63) is 23.3 Å². The van der Waals surface area contributed by atoms with Gasteiger partial charge in [0.15, 0.2) is 11.6 Å². The van der Waals surface area contributed by atoms with Gasteiger partial charge in [-0.25, -0.2) is 4.79 Å². The van der Waals surface area contributed by atoms with E-state index < -0.39 is 12.1 Å². The summed E-state index contributed by atoms with van der Waals surface area (Å²) in [7, 11) is 1.26. The molecule has 1 saturated carbocycles. The van der Waals surface area contributed by atoms with Crippen LogP contribution in [0.5, 0.6) is 0 Å². The van der Waals surface area contributed by atoms with E-state index in [9.17, 15) is 19.2 Å². The largest absolute Gasteiger partial charge is 0.466 e. The molecule has 1 rings (SSSR count). The van der Waals surface area contributed by atoms with Gasteiger partial charge in [-0.05, 0) is 57.6 Å². The normalized spacial score (nSPS) is 26.3. The van der Waals surface area contributed by atoms with Crippen LogP contribution in [0.4, 0.5) is 0 Å². The van der Waals surface area contributed by atoms with Crippen LogP contribution in [0.3, 0.4) is 0 Å². The number of carbonyl (C=O) groups excluding carboxylic acids is 4. The van der Waals surface area contributed by atoms with E-state index in [1.807, 2.05) is 6.92 Å². The Morgan fingerprint density at radius 1 is 1.00 bits per heavy atom. The van der Waals surface area contributed by atoms with E-state index in [0.717, 1.165) is 12.0 Å². The second kappa shape index (κ2) is 10.2. The molecule has 6 heteroatoms. The van der Waals surface area contributed by atoms with Crippen molar-refractivity contribution < 1.29 is 28.7 Å². The highest BCUT2D eigenvalue weighted by atomic mass is 16.5. The molecule has 0 unspecified atom stereocenters. The first-order valence-corrected chi connectivity index (χ1v) is 9.20. The lowest BCUT2D eigenvalue weighted by Gasteiger charge is -2.40. The smallest absolute Gasteiger partial charge is 0.333 e. The highest BCUT2D eigenvalue weighted by Crippen LogP contribution is 2.41. The topological polar surface area (TPSA) is 86.7 Å². The van der Waals surface area contributed by atoms with Gasteiger partial charge in [-0.2, -0.15) is 0 Å². The quantitative estimate of drug-likeness (QED) is 0.499. The fraction of sp³-hybridized carbons (Fsp3) is 0.619. The first-order chi connectivity index (χ1) is 12.5. The number of esters is 2. The average Bonchev–Trinajstić information content (AvgIpc) is 2.54. The van der Waals surface area contributed by atoms with Gasteiger partial charge in [0.05, 0.1) is 7.11 Å². The van der Waals surface area contributed by atoms with Crippen LogP contribution in [0.1, 0.15) is 53.9 Å². The van der Waals surface area contributed by atoms with E-state index in [4.69, 9.17) is 4.74 Å². The summed E-state index contributed by atoms with van der Waals surface area (Å²) in [6, 6.07) is 0. The van der Waals surface area contributed by atoms with Crippen molar-refractivity contribution >= 4 is 23.5 Å². The number of hydrogen-bond acceptors (Lipinski definition) is 6. The number of ketones is 2. The summed E-state index contributed by atoms with van der Waals surface area (Å²) in [4.78, 5) is 47.2. The third-order valence-corrected chi connectivity index (χ3v) is 4.94. The van der Waals surface area contributed by atoms with Crippen LogP contribution in [0.25, 0.3) is 0 Å².